The first-order chi connectivity index (χ1) is 11.5. The van der Waals surface area contributed by atoms with Crippen molar-refractivity contribution in [3.63, 3.8) is 0 Å². The highest BCUT2D eigenvalue weighted by atomic mass is 16.3. The third-order valence-electron chi connectivity index (χ3n) is 4.84. The maximum Gasteiger partial charge on any atom is 0.145 e. The third-order valence-corrected chi connectivity index (χ3v) is 4.84. The number of aliphatic hydroxyl groups is 1. The minimum atomic E-state index is -1.20. The summed E-state index contributed by atoms with van der Waals surface area (Å²) in [6, 6.07) is 12.0. The van der Waals surface area contributed by atoms with Crippen LogP contribution >= 0.6 is 0 Å². The van der Waals surface area contributed by atoms with Crippen molar-refractivity contribution in [3.8, 4) is 0 Å². The van der Waals surface area contributed by atoms with Gasteiger partial charge in [-0.3, -0.25) is 0 Å². The van der Waals surface area contributed by atoms with E-state index in [0.29, 0.717) is 5.82 Å². The van der Waals surface area contributed by atoms with Crippen molar-refractivity contribution in [1.82, 2.24) is 15.0 Å². The summed E-state index contributed by atoms with van der Waals surface area (Å²) in [6.45, 7) is 6.03. The minimum Gasteiger partial charge on any atom is -0.377 e. The number of aromatic amines is 2. The van der Waals surface area contributed by atoms with Crippen molar-refractivity contribution in [3.05, 3.63) is 65.1 Å². The Labute approximate surface area is 140 Å². The number of rotatable bonds is 3. The second-order valence-electron chi connectivity index (χ2n) is 6.52. The Bertz CT molecular complexity index is 1010. The van der Waals surface area contributed by atoms with Crippen LogP contribution in [0.2, 0.25) is 0 Å². The Morgan fingerprint density at radius 1 is 1.21 bits per heavy atom. The molecular formula is C20H21N3O. The van der Waals surface area contributed by atoms with Crippen molar-refractivity contribution in [2.45, 2.75) is 32.8 Å². The summed E-state index contributed by atoms with van der Waals surface area (Å²) >= 11 is 0. The van der Waals surface area contributed by atoms with Gasteiger partial charge in [-0.15, -0.1) is 0 Å². The van der Waals surface area contributed by atoms with E-state index in [-0.39, 0.29) is 0 Å². The normalized spacial score (nSPS) is 14.3. The molecule has 0 spiro atoms. The van der Waals surface area contributed by atoms with E-state index in [1.54, 1.807) is 0 Å². The summed E-state index contributed by atoms with van der Waals surface area (Å²) in [5.74, 6) is 0.574. The van der Waals surface area contributed by atoms with Gasteiger partial charge in [0, 0.05) is 22.7 Å². The van der Waals surface area contributed by atoms with E-state index >= 15 is 0 Å². The predicted molar refractivity (Wildman–Crippen MR) is 97.2 cm³/mol. The molecule has 2 heterocycles. The Hall–Kier alpha value is -2.59. The number of H-pyrrole nitrogens is 2. The molecule has 0 aliphatic carbocycles. The van der Waals surface area contributed by atoms with Gasteiger partial charge < -0.3 is 15.1 Å². The first-order valence-corrected chi connectivity index (χ1v) is 8.30. The van der Waals surface area contributed by atoms with E-state index in [9.17, 15) is 5.11 Å². The van der Waals surface area contributed by atoms with Crippen molar-refractivity contribution < 1.29 is 5.11 Å². The van der Waals surface area contributed by atoms with Crippen LogP contribution in [-0.2, 0) is 12.0 Å². The average molecular weight is 319 g/mol. The predicted octanol–water partition coefficient (Wildman–Crippen LogP) is 4.17. The smallest absolute Gasteiger partial charge is 0.145 e. The van der Waals surface area contributed by atoms with Gasteiger partial charge in [-0.25, -0.2) is 4.98 Å². The Morgan fingerprint density at radius 2 is 2.00 bits per heavy atom. The lowest BCUT2D eigenvalue weighted by Gasteiger charge is -2.26. The van der Waals surface area contributed by atoms with E-state index < -0.39 is 5.60 Å². The zero-order valence-electron chi connectivity index (χ0n) is 14.1. The van der Waals surface area contributed by atoms with Crippen LogP contribution in [0.5, 0.6) is 0 Å². The monoisotopic (exact) mass is 319 g/mol. The molecule has 3 N–H and O–H groups in total. The molecule has 0 saturated carbocycles. The number of nitrogens with zero attached hydrogens (tertiary/aromatic N) is 1. The number of para-hydroxylation sites is 2. The average Bonchev–Trinajstić information content (AvgIpc) is 3.21. The molecule has 2 aromatic carbocycles. The molecule has 0 saturated heterocycles. The molecule has 0 amide bonds. The van der Waals surface area contributed by atoms with Crippen LogP contribution in [0.1, 0.15) is 36.4 Å². The molecule has 0 fully saturated rings. The fraction of sp³-hybridized carbons (Fsp3) is 0.250. The van der Waals surface area contributed by atoms with E-state index in [2.05, 4.69) is 34.9 Å². The number of benzene rings is 2. The lowest BCUT2D eigenvalue weighted by atomic mass is 9.85. The van der Waals surface area contributed by atoms with Crippen LogP contribution in [0, 0.1) is 6.92 Å². The molecule has 4 rings (SSSR count). The van der Waals surface area contributed by atoms with Crippen LogP contribution < -0.4 is 0 Å². The molecule has 24 heavy (non-hydrogen) atoms. The molecule has 1 atom stereocenters. The standard InChI is InChI=1S/C20H21N3O/c1-4-13-11-12(2)18-14(9-10-21-18)17(13)20(3,24)19-22-15-7-5-6-8-16(15)23-19/h5-11,21,24H,4H2,1-3H3,(H,22,23). The molecule has 0 aliphatic rings. The van der Waals surface area contributed by atoms with Gasteiger partial charge in [-0.05, 0) is 49.6 Å². The van der Waals surface area contributed by atoms with E-state index in [1.165, 1.54) is 5.56 Å². The molecule has 0 bridgehead atoms. The van der Waals surface area contributed by atoms with Crippen molar-refractivity contribution >= 4 is 21.9 Å². The number of imidazole rings is 1. The molecule has 122 valence electrons. The quantitative estimate of drug-likeness (QED) is 0.530. The largest absolute Gasteiger partial charge is 0.377 e. The second-order valence-corrected chi connectivity index (χ2v) is 6.52. The topological polar surface area (TPSA) is 64.7 Å². The highest BCUT2D eigenvalue weighted by Gasteiger charge is 2.33. The van der Waals surface area contributed by atoms with Crippen molar-refractivity contribution in [1.29, 1.82) is 0 Å². The van der Waals surface area contributed by atoms with Gasteiger partial charge in [0.1, 0.15) is 11.4 Å². The Kier molecular flexibility index (Phi) is 3.25. The number of hydrogen-bond donors (Lipinski definition) is 3. The van der Waals surface area contributed by atoms with Gasteiger partial charge in [0.15, 0.2) is 0 Å². The van der Waals surface area contributed by atoms with E-state index in [1.807, 2.05) is 43.5 Å². The first kappa shape index (κ1) is 15.0. The minimum absolute atomic E-state index is 0.574. The summed E-state index contributed by atoms with van der Waals surface area (Å²) in [7, 11) is 0. The third kappa shape index (κ3) is 2.07. The van der Waals surface area contributed by atoms with Crippen LogP contribution in [0.4, 0.5) is 0 Å². The van der Waals surface area contributed by atoms with Gasteiger partial charge in [0.05, 0.1) is 11.0 Å². The maximum absolute atomic E-state index is 11.5. The lowest BCUT2D eigenvalue weighted by molar-refractivity contribution is 0.0942. The van der Waals surface area contributed by atoms with Gasteiger partial charge in [-0.2, -0.15) is 0 Å². The maximum atomic E-state index is 11.5. The highest BCUT2D eigenvalue weighted by Crippen LogP contribution is 2.37. The molecule has 0 aliphatic heterocycles. The van der Waals surface area contributed by atoms with Crippen LogP contribution in [0.25, 0.3) is 21.9 Å². The number of nitrogens with one attached hydrogen (secondary N) is 2. The summed E-state index contributed by atoms with van der Waals surface area (Å²) in [4.78, 5) is 11.2. The first-order valence-electron chi connectivity index (χ1n) is 8.30. The fourth-order valence-corrected chi connectivity index (χ4v) is 3.64. The SMILES string of the molecule is CCc1cc(C)c2[nH]ccc2c1C(C)(O)c1nc2ccccc2[nH]1. The fourth-order valence-electron chi connectivity index (χ4n) is 3.64. The molecular weight excluding hydrogens is 298 g/mol. The van der Waals surface area contributed by atoms with Gasteiger partial charge >= 0.3 is 0 Å². The van der Waals surface area contributed by atoms with Gasteiger partial charge in [0.25, 0.3) is 0 Å². The van der Waals surface area contributed by atoms with Crippen LogP contribution in [0.3, 0.4) is 0 Å². The molecule has 4 heteroatoms. The zero-order valence-corrected chi connectivity index (χ0v) is 14.1. The van der Waals surface area contributed by atoms with Gasteiger partial charge in [-0.1, -0.05) is 25.1 Å². The Morgan fingerprint density at radius 3 is 2.75 bits per heavy atom. The molecule has 4 aromatic rings. The molecule has 2 aromatic heterocycles. The zero-order chi connectivity index (χ0) is 16.9. The van der Waals surface area contributed by atoms with Crippen LogP contribution in [-0.4, -0.2) is 20.1 Å². The summed E-state index contributed by atoms with van der Waals surface area (Å²) in [5.41, 5.74) is 4.93. The summed E-state index contributed by atoms with van der Waals surface area (Å²) in [6.07, 6.45) is 2.78. The Balaban J connectivity index is 2.01. The molecule has 1 unspecified atom stereocenters. The highest BCUT2D eigenvalue weighted by molar-refractivity contribution is 5.88. The van der Waals surface area contributed by atoms with Crippen molar-refractivity contribution in [2.75, 3.05) is 0 Å². The van der Waals surface area contributed by atoms with Crippen LogP contribution in [0.15, 0.2) is 42.6 Å². The number of fused-ring (bicyclic) bond motifs is 2. The summed E-state index contributed by atoms with van der Waals surface area (Å²) in [5, 5.41) is 12.5. The van der Waals surface area contributed by atoms with E-state index in [4.69, 9.17) is 0 Å². The lowest BCUT2D eigenvalue weighted by Crippen LogP contribution is -2.26. The van der Waals surface area contributed by atoms with Gasteiger partial charge in [0.2, 0.25) is 0 Å². The van der Waals surface area contributed by atoms with E-state index in [0.717, 1.165) is 39.5 Å². The number of hydrogen-bond acceptors (Lipinski definition) is 2. The second kappa shape index (κ2) is 5.21. The molecule has 4 nitrogen and oxygen atoms in total. The number of aryl methyl sites for hydroxylation is 2. The molecule has 0 radical (unpaired) electrons. The van der Waals surface area contributed by atoms with Crippen molar-refractivity contribution in [2.24, 2.45) is 0 Å². The number of aromatic nitrogens is 3. The summed E-state index contributed by atoms with van der Waals surface area (Å²) < 4.78 is 0.